The van der Waals surface area contributed by atoms with Gasteiger partial charge in [-0.15, -0.1) is 5.10 Å². The van der Waals surface area contributed by atoms with Crippen molar-refractivity contribution >= 4 is 5.91 Å². The Kier molecular flexibility index (Phi) is 4.97. The van der Waals surface area contributed by atoms with Gasteiger partial charge in [0.15, 0.2) is 5.76 Å². The second kappa shape index (κ2) is 7.71. The highest BCUT2D eigenvalue weighted by atomic mass is 16.5. The van der Waals surface area contributed by atoms with Gasteiger partial charge in [-0.05, 0) is 45.0 Å². The van der Waals surface area contributed by atoms with Crippen LogP contribution in [0.15, 0.2) is 40.9 Å². The van der Waals surface area contributed by atoms with Crippen LogP contribution in [0.3, 0.4) is 0 Å². The fraction of sp³-hybridized carbons (Fsp3) is 0.368. The minimum Gasteiger partial charge on any atom is -0.359 e. The predicted molar refractivity (Wildman–Crippen MR) is 98.6 cm³/mol. The van der Waals surface area contributed by atoms with Gasteiger partial charge >= 0.3 is 0 Å². The maximum atomic E-state index is 12.4. The highest BCUT2D eigenvalue weighted by Gasteiger charge is 2.20. The topological polar surface area (TPSA) is 97.9 Å². The van der Waals surface area contributed by atoms with Crippen molar-refractivity contribution < 1.29 is 9.32 Å². The Morgan fingerprint density at radius 1 is 1.30 bits per heavy atom. The highest BCUT2D eigenvalue weighted by Crippen LogP contribution is 2.24. The maximum absolute atomic E-state index is 12.4. The summed E-state index contributed by atoms with van der Waals surface area (Å²) in [6, 6.07) is 11.5. The molecule has 0 saturated carbocycles. The summed E-state index contributed by atoms with van der Waals surface area (Å²) in [5, 5.41) is 14.6. The summed E-state index contributed by atoms with van der Waals surface area (Å²) in [6.45, 7) is 4.08. The largest absolute Gasteiger partial charge is 0.359 e. The number of hydrogen-bond acceptors (Lipinski definition) is 6. The zero-order valence-electron chi connectivity index (χ0n) is 15.2. The third-order valence-corrected chi connectivity index (χ3v) is 4.73. The van der Waals surface area contributed by atoms with E-state index in [-0.39, 0.29) is 18.3 Å². The molecule has 3 heterocycles. The number of carbonyl (C=O) groups excluding carboxylic acids is 1. The van der Waals surface area contributed by atoms with Crippen LogP contribution in [0.1, 0.15) is 46.7 Å². The normalized spacial score (nSPS) is 15.0. The number of rotatable bonds is 5. The van der Waals surface area contributed by atoms with E-state index in [0.717, 1.165) is 37.3 Å². The number of aryl methyl sites for hydroxylation is 1. The molecule has 4 rings (SSSR count). The van der Waals surface area contributed by atoms with Gasteiger partial charge < -0.3 is 15.2 Å². The monoisotopic (exact) mass is 366 g/mol. The molecule has 0 aliphatic carbocycles. The Balaban J connectivity index is 1.39. The molecule has 1 saturated heterocycles. The van der Waals surface area contributed by atoms with E-state index in [2.05, 4.69) is 25.9 Å². The second-order valence-corrected chi connectivity index (χ2v) is 6.66. The van der Waals surface area contributed by atoms with E-state index in [0.29, 0.717) is 17.5 Å². The quantitative estimate of drug-likeness (QED) is 0.716. The van der Waals surface area contributed by atoms with Crippen LogP contribution in [0.2, 0.25) is 0 Å². The van der Waals surface area contributed by atoms with Crippen LogP contribution in [0.5, 0.6) is 0 Å². The average molecular weight is 366 g/mol. The van der Waals surface area contributed by atoms with E-state index in [4.69, 9.17) is 4.52 Å². The van der Waals surface area contributed by atoms with E-state index in [9.17, 15) is 4.79 Å². The number of amides is 1. The molecule has 8 nitrogen and oxygen atoms in total. The van der Waals surface area contributed by atoms with Crippen LogP contribution in [0, 0.1) is 6.92 Å². The summed E-state index contributed by atoms with van der Waals surface area (Å²) in [5.41, 5.74) is 1.83. The summed E-state index contributed by atoms with van der Waals surface area (Å²) >= 11 is 0. The third kappa shape index (κ3) is 3.90. The molecule has 3 aromatic rings. The number of aromatic nitrogens is 4. The number of nitrogens with one attached hydrogen (secondary N) is 2. The van der Waals surface area contributed by atoms with Crippen LogP contribution in [0.4, 0.5) is 0 Å². The molecule has 2 aromatic heterocycles. The standard InChI is InChI=1S/C19H22N6O2/c1-13-22-18(23-25(13)15-5-3-2-4-6-15)19(26)21-12-16-11-17(24-27-16)14-7-9-20-10-8-14/h2-6,11,14,20H,7-10,12H2,1H3,(H,21,26). The Bertz CT molecular complexity index is 911. The van der Waals surface area contributed by atoms with Crippen LogP contribution in [0.25, 0.3) is 5.69 Å². The second-order valence-electron chi connectivity index (χ2n) is 6.66. The molecule has 0 spiro atoms. The van der Waals surface area contributed by atoms with Crippen molar-refractivity contribution in [2.45, 2.75) is 32.2 Å². The minimum atomic E-state index is -0.340. The summed E-state index contributed by atoms with van der Waals surface area (Å²) in [4.78, 5) is 16.7. The molecular weight excluding hydrogens is 344 g/mol. The molecular formula is C19H22N6O2. The lowest BCUT2D eigenvalue weighted by Gasteiger charge is -2.19. The lowest BCUT2D eigenvalue weighted by atomic mass is 9.95. The summed E-state index contributed by atoms with van der Waals surface area (Å²) in [6.07, 6.45) is 2.11. The third-order valence-electron chi connectivity index (χ3n) is 4.73. The fourth-order valence-electron chi connectivity index (χ4n) is 3.27. The van der Waals surface area contributed by atoms with Crippen molar-refractivity contribution in [2.75, 3.05) is 13.1 Å². The molecule has 0 radical (unpaired) electrons. The zero-order chi connectivity index (χ0) is 18.6. The molecule has 1 amide bonds. The molecule has 1 fully saturated rings. The van der Waals surface area contributed by atoms with Crippen molar-refractivity contribution in [3.05, 3.63) is 59.5 Å². The molecule has 27 heavy (non-hydrogen) atoms. The molecule has 1 aliphatic rings. The average Bonchev–Trinajstić information content (AvgIpc) is 3.34. The number of piperidine rings is 1. The first-order valence-electron chi connectivity index (χ1n) is 9.14. The predicted octanol–water partition coefficient (Wildman–Crippen LogP) is 1.96. The first-order chi connectivity index (χ1) is 13.2. The van der Waals surface area contributed by atoms with Gasteiger partial charge in [0.25, 0.3) is 5.91 Å². The van der Waals surface area contributed by atoms with Crippen LogP contribution in [-0.4, -0.2) is 38.9 Å². The van der Waals surface area contributed by atoms with Gasteiger partial charge in [0.05, 0.1) is 17.9 Å². The number of nitrogens with zero attached hydrogens (tertiary/aromatic N) is 4. The van der Waals surface area contributed by atoms with Gasteiger partial charge in [-0.25, -0.2) is 9.67 Å². The number of hydrogen-bond donors (Lipinski definition) is 2. The molecule has 0 atom stereocenters. The zero-order valence-corrected chi connectivity index (χ0v) is 15.2. The molecule has 0 bridgehead atoms. The first kappa shape index (κ1) is 17.4. The maximum Gasteiger partial charge on any atom is 0.291 e. The minimum absolute atomic E-state index is 0.134. The van der Waals surface area contributed by atoms with Crippen molar-refractivity contribution in [1.82, 2.24) is 30.6 Å². The summed E-state index contributed by atoms with van der Waals surface area (Å²) < 4.78 is 7.02. The van der Waals surface area contributed by atoms with Crippen molar-refractivity contribution in [3.8, 4) is 5.69 Å². The Morgan fingerprint density at radius 2 is 2.07 bits per heavy atom. The van der Waals surface area contributed by atoms with Gasteiger partial charge in [0, 0.05) is 12.0 Å². The van der Waals surface area contributed by atoms with E-state index < -0.39 is 0 Å². The fourth-order valence-corrected chi connectivity index (χ4v) is 3.27. The highest BCUT2D eigenvalue weighted by molar-refractivity contribution is 5.90. The first-order valence-corrected chi connectivity index (χ1v) is 9.14. The van der Waals surface area contributed by atoms with E-state index >= 15 is 0 Å². The van der Waals surface area contributed by atoms with Crippen molar-refractivity contribution in [2.24, 2.45) is 0 Å². The van der Waals surface area contributed by atoms with Crippen LogP contribution < -0.4 is 10.6 Å². The van der Waals surface area contributed by atoms with E-state index in [1.54, 1.807) is 4.68 Å². The Morgan fingerprint density at radius 3 is 2.85 bits per heavy atom. The number of carbonyl (C=O) groups is 1. The Labute approximate surface area is 157 Å². The van der Waals surface area contributed by atoms with Crippen LogP contribution in [-0.2, 0) is 6.54 Å². The lowest BCUT2D eigenvalue weighted by molar-refractivity contribution is 0.0936. The molecule has 8 heteroatoms. The van der Waals surface area contributed by atoms with Crippen molar-refractivity contribution in [3.63, 3.8) is 0 Å². The Hall–Kier alpha value is -3.00. The van der Waals surface area contributed by atoms with Gasteiger partial charge in [-0.2, -0.15) is 0 Å². The molecule has 2 N–H and O–H groups in total. The summed E-state index contributed by atoms with van der Waals surface area (Å²) in [5.74, 6) is 1.50. The SMILES string of the molecule is Cc1nc(C(=O)NCc2cc(C3CCNCC3)no2)nn1-c1ccccc1. The lowest BCUT2D eigenvalue weighted by Crippen LogP contribution is -2.26. The molecule has 1 aliphatic heterocycles. The van der Waals surface area contributed by atoms with E-state index in [1.807, 2.05) is 43.3 Å². The van der Waals surface area contributed by atoms with Gasteiger partial charge in [-0.3, -0.25) is 4.79 Å². The van der Waals surface area contributed by atoms with Crippen molar-refractivity contribution in [1.29, 1.82) is 0 Å². The number of para-hydroxylation sites is 1. The summed E-state index contributed by atoms with van der Waals surface area (Å²) in [7, 11) is 0. The van der Waals surface area contributed by atoms with Gasteiger partial charge in [0.1, 0.15) is 5.82 Å². The molecule has 140 valence electrons. The smallest absolute Gasteiger partial charge is 0.291 e. The van der Waals surface area contributed by atoms with Gasteiger partial charge in [0.2, 0.25) is 5.82 Å². The molecule has 1 aromatic carbocycles. The van der Waals surface area contributed by atoms with E-state index in [1.165, 1.54) is 0 Å². The van der Waals surface area contributed by atoms with Gasteiger partial charge in [-0.1, -0.05) is 23.4 Å². The molecule has 0 unspecified atom stereocenters. The number of benzene rings is 1. The van der Waals surface area contributed by atoms with Crippen LogP contribution >= 0.6 is 0 Å².